The van der Waals surface area contributed by atoms with Gasteiger partial charge < -0.3 is 31.5 Å². The second-order valence-corrected chi connectivity index (χ2v) is 11.3. The zero-order chi connectivity index (χ0) is 28.5. The highest BCUT2D eigenvalue weighted by atomic mass is 35.5. The average Bonchev–Trinajstić information content (AvgIpc) is 3.62. The first kappa shape index (κ1) is 30.0. The van der Waals surface area contributed by atoms with E-state index in [1.165, 1.54) is 22.7 Å². The molecule has 0 unspecified atom stereocenters. The number of hydrogen-bond donors (Lipinski definition) is 6. The normalized spacial score (nSPS) is 11.0. The zero-order valence-corrected chi connectivity index (χ0v) is 24.2. The molecule has 2 aromatic carbocycles. The average molecular weight is 622 g/mol. The fraction of sp³-hybridized carbons (Fsp3) is 0.231. The molecule has 10 nitrogen and oxygen atoms in total. The van der Waals surface area contributed by atoms with Crippen LogP contribution in [-0.2, 0) is 13.1 Å². The van der Waals surface area contributed by atoms with Crippen molar-refractivity contribution in [1.29, 1.82) is 0 Å². The van der Waals surface area contributed by atoms with Gasteiger partial charge in [-0.05, 0) is 12.1 Å². The number of thiazole rings is 2. The van der Waals surface area contributed by atoms with Gasteiger partial charge in [0.2, 0.25) is 0 Å². The maximum Gasteiger partial charge on any atom is 0.284 e. The molecule has 210 valence electrons. The fourth-order valence-electron chi connectivity index (χ4n) is 3.59. The van der Waals surface area contributed by atoms with E-state index in [2.05, 4.69) is 31.2 Å². The minimum absolute atomic E-state index is 0.0254. The molecule has 6 N–H and O–H groups in total. The monoisotopic (exact) mass is 620 g/mol. The van der Waals surface area contributed by atoms with Crippen LogP contribution < -0.4 is 21.3 Å². The van der Waals surface area contributed by atoms with Gasteiger partial charge in [0.15, 0.2) is 10.0 Å². The summed E-state index contributed by atoms with van der Waals surface area (Å²) in [6, 6.07) is 10.4. The smallest absolute Gasteiger partial charge is 0.284 e. The van der Waals surface area contributed by atoms with Gasteiger partial charge in [0, 0.05) is 59.5 Å². The molecule has 0 aliphatic rings. The maximum atomic E-state index is 12.8. The van der Waals surface area contributed by atoms with Crippen LogP contribution in [0.3, 0.4) is 0 Å². The second-order valence-electron chi connectivity index (χ2n) is 8.31. The molecule has 0 fully saturated rings. The largest absolute Gasteiger partial charge is 0.395 e. The number of hydrogen-bond acceptors (Lipinski definition) is 10. The predicted octanol–water partition coefficient (Wildman–Crippen LogP) is 4.24. The Morgan fingerprint density at radius 3 is 1.55 bits per heavy atom. The third-order valence-electron chi connectivity index (χ3n) is 5.46. The van der Waals surface area contributed by atoms with E-state index in [0.29, 0.717) is 48.7 Å². The van der Waals surface area contributed by atoms with E-state index in [4.69, 9.17) is 33.4 Å². The molecule has 0 aliphatic heterocycles. The lowest BCUT2D eigenvalue weighted by molar-refractivity contribution is 0.101. The molecule has 14 heteroatoms. The van der Waals surface area contributed by atoms with Crippen molar-refractivity contribution in [2.24, 2.45) is 0 Å². The van der Waals surface area contributed by atoms with Gasteiger partial charge in [0.05, 0.1) is 34.6 Å². The fourth-order valence-corrected chi connectivity index (χ4v) is 5.70. The molecule has 0 saturated carbocycles. The van der Waals surface area contributed by atoms with E-state index in [-0.39, 0.29) is 33.3 Å². The molecule has 4 aromatic rings. The van der Waals surface area contributed by atoms with Crippen LogP contribution in [0.25, 0.3) is 11.1 Å². The topological polar surface area (TPSA) is 148 Å². The first-order valence-corrected chi connectivity index (χ1v) is 14.5. The van der Waals surface area contributed by atoms with Crippen molar-refractivity contribution in [2.75, 3.05) is 36.9 Å². The summed E-state index contributed by atoms with van der Waals surface area (Å²) in [5, 5.41) is 30.6. The molecule has 2 amide bonds. The Morgan fingerprint density at radius 2 is 1.15 bits per heavy atom. The van der Waals surface area contributed by atoms with Crippen LogP contribution in [-0.4, -0.2) is 58.3 Å². The Morgan fingerprint density at radius 1 is 0.725 bits per heavy atom. The third-order valence-corrected chi connectivity index (χ3v) is 8.26. The number of carbonyl (C=O) groups excluding carboxylic acids is 2. The van der Waals surface area contributed by atoms with E-state index in [9.17, 15) is 9.59 Å². The summed E-state index contributed by atoms with van der Waals surface area (Å²) in [5.74, 6) is -0.808. The first-order chi connectivity index (χ1) is 19.4. The van der Waals surface area contributed by atoms with Gasteiger partial charge in [-0.25, -0.2) is 9.97 Å². The Bertz CT molecular complexity index is 1370. The molecule has 0 atom stereocenters. The van der Waals surface area contributed by atoms with E-state index >= 15 is 0 Å². The van der Waals surface area contributed by atoms with Gasteiger partial charge in [-0.1, -0.05) is 47.5 Å². The lowest BCUT2D eigenvalue weighted by Crippen LogP contribution is -2.16. The number of anilines is 2. The minimum Gasteiger partial charge on any atom is -0.395 e. The molecule has 0 radical (unpaired) electrons. The number of halogens is 2. The Balaban J connectivity index is 1.48. The number of aliphatic hydroxyl groups excluding tert-OH is 2. The molecule has 0 spiro atoms. The summed E-state index contributed by atoms with van der Waals surface area (Å²) in [7, 11) is 0. The predicted molar refractivity (Wildman–Crippen MR) is 160 cm³/mol. The summed E-state index contributed by atoms with van der Waals surface area (Å²) in [6.45, 7) is 1.95. The zero-order valence-electron chi connectivity index (χ0n) is 21.0. The lowest BCUT2D eigenvalue weighted by atomic mass is 10.0. The second kappa shape index (κ2) is 14.6. The van der Waals surface area contributed by atoms with Crippen molar-refractivity contribution in [2.45, 2.75) is 13.1 Å². The molecule has 0 bridgehead atoms. The van der Waals surface area contributed by atoms with Crippen molar-refractivity contribution < 1.29 is 19.8 Å². The highest BCUT2D eigenvalue weighted by Crippen LogP contribution is 2.40. The highest BCUT2D eigenvalue weighted by Gasteiger charge is 2.19. The van der Waals surface area contributed by atoms with Gasteiger partial charge in [-0.3, -0.25) is 9.59 Å². The Hall–Kier alpha value is -2.94. The van der Waals surface area contributed by atoms with Crippen LogP contribution in [0.15, 0.2) is 48.8 Å². The van der Waals surface area contributed by atoms with Gasteiger partial charge in [-0.2, -0.15) is 0 Å². The van der Waals surface area contributed by atoms with Crippen molar-refractivity contribution in [3.8, 4) is 11.1 Å². The molecule has 2 heterocycles. The van der Waals surface area contributed by atoms with Crippen molar-refractivity contribution >= 4 is 69.1 Å². The summed E-state index contributed by atoms with van der Waals surface area (Å²) in [5.41, 5.74) is 1.91. The summed E-state index contributed by atoms with van der Waals surface area (Å²) < 4.78 is 0. The van der Waals surface area contributed by atoms with Gasteiger partial charge in [0.1, 0.15) is 0 Å². The number of aliphatic hydroxyl groups is 2. The van der Waals surface area contributed by atoms with Crippen LogP contribution in [0.2, 0.25) is 10.0 Å². The third kappa shape index (κ3) is 7.62. The van der Waals surface area contributed by atoms with Crippen molar-refractivity contribution in [1.82, 2.24) is 20.6 Å². The Labute approximate surface area is 248 Å². The standard InChI is InChI=1S/C26H26Cl2N6O4S2/c27-21-17(3-1-5-19(21)33-23(37)25-31-13-15(39-25)11-29-7-9-35)18-4-2-6-20(22(18)28)34-24(38)26-32-14-16(40-26)12-30-8-10-36/h1-6,13-14,29-30,35-36H,7-12H2,(H,33,37)(H,34,38). The van der Waals surface area contributed by atoms with Crippen LogP contribution >= 0.6 is 45.9 Å². The number of amides is 2. The SMILES string of the molecule is O=C(Nc1cccc(-c2cccc(NC(=O)c3ncc(CNCCO)s3)c2Cl)c1Cl)c1ncc(CNCCO)s1. The molecule has 40 heavy (non-hydrogen) atoms. The van der Waals surface area contributed by atoms with E-state index in [1.54, 1.807) is 48.8 Å². The Kier molecular flexibility index (Phi) is 11.0. The van der Waals surface area contributed by atoms with Gasteiger partial charge in [-0.15, -0.1) is 22.7 Å². The molecule has 2 aromatic heterocycles. The number of carbonyl (C=O) groups is 2. The van der Waals surface area contributed by atoms with Crippen LogP contribution in [0.1, 0.15) is 29.4 Å². The highest BCUT2D eigenvalue weighted by molar-refractivity contribution is 7.14. The summed E-state index contributed by atoms with van der Waals surface area (Å²) in [4.78, 5) is 35.7. The summed E-state index contributed by atoms with van der Waals surface area (Å²) in [6.07, 6.45) is 3.23. The molecular formula is C26H26Cl2N6O4S2. The first-order valence-electron chi connectivity index (χ1n) is 12.1. The number of nitrogens with zero attached hydrogens (tertiary/aromatic N) is 2. The van der Waals surface area contributed by atoms with E-state index in [1.807, 2.05) is 0 Å². The number of aromatic nitrogens is 2. The molecular weight excluding hydrogens is 595 g/mol. The maximum absolute atomic E-state index is 12.8. The summed E-state index contributed by atoms with van der Waals surface area (Å²) >= 11 is 15.9. The quantitative estimate of drug-likeness (QED) is 0.122. The number of benzene rings is 2. The molecule has 4 rings (SSSR count). The lowest BCUT2D eigenvalue weighted by Gasteiger charge is -2.14. The van der Waals surface area contributed by atoms with E-state index < -0.39 is 11.8 Å². The number of nitrogens with one attached hydrogen (secondary N) is 4. The van der Waals surface area contributed by atoms with Gasteiger partial charge >= 0.3 is 0 Å². The molecule has 0 aliphatic carbocycles. The minimum atomic E-state index is -0.404. The van der Waals surface area contributed by atoms with Gasteiger partial charge in [0.25, 0.3) is 11.8 Å². The molecule has 0 saturated heterocycles. The van der Waals surface area contributed by atoms with Crippen molar-refractivity contribution in [3.05, 3.63) is 78.6 Å². The van der Waals surface area contributed by atoms with Crippen LogP contribution in [0, 0.1) is 0 Å². The van der Waals surface area contributed by atoms with Crippen LogP contribution in [0.4, 0.5) is 11.4 Å². The number of rotatable bonds is 13. The van der Waals surface area contributed by atoms with E-state index in [0.717, 1.165) is 9.75 Å². The van der Waals surface area contributed by atoms with Crippen molar-refractivity contribution in [3.63, 3.8) is 0 Å². The van der Waals surface area contributed by atoms with Crippen LogP contribution in [0.5, 0.6) is 0 Å².